The molecular weight excluding hydrogens is 498 g/mol. The van der Waals surface area contributed by atoms with Gasteiger partial charge in [-0.05, 0) is 82.1 Å². The molecule has 1 saturated carbocycles. The molecule has 0 saturated heterocycles. The zero-order chi connectivity index (χ0) is 29.3. The fraction of sp³-hybridized carbons (Fsp3) is 0.515. The van der Waals surface area contributed by atoms with E-state index in [1.54, 1.807) is 6.08 Å². The molecule has 1 amide bonds. The molecule has 2 aromatic rings. The van der Waals surface area contributed by atoms with Crippen molar-refractivity contribution in [3.63, 3.8) is 0 Å². The number of carbonyl (C=O) groups excluding carboxylic acids is 1. The lowest BCUT2D eigenvalue weighted by molar-refractivity contribution is 0.0750. The van der Waals surface area contributed by atoms with Crippen LogP contribution in [0.1, 0.15) is 87.5 Å². The first-order chi connectivity index (χ1) is 19.1. The van der Waals surface area contributed by atoms with Crippen molar-refractivity contribution in [1.82, 2.24) is 20.0 Å². The van der Waals surface area contributed by atoms with Gasteiger partial charge in [-0.25, -0.2) is 0 Å². The van der Waals surface area contributed by atoms with E-state index in [1.807, 2.05) is 49.3 Å². The standard InChI is InChI=1S/C33H45N5O2/c1-8-14-25(10-3)23-32(4,5)31-36-35-29(40-31)26-20-27(22-28(21-26)33(24-34)15-11-12-16-33)30(39)38(17-9-2)19-13-18-37(6)7/h8,10,14,20-22H,1,3,9,11-13,15-19,23H2,2,4-7H3/b25-14+. The highest BCUT2D eigenvalue weighted by molar-refractivity contribution is 5.95. The number of aromatic nitrogens is 2. The van der Waals surface area contributed by atoms with Gasteiger partial charge in [0.05, 0.1) is 11.5 Å². The second-order valence-corrected chi connectivity index (χ2v) is 11.8. The van der Waals surface area contributed by atoms with Crippen LogP contribution in [0.25, 0.3) is 11.5 Å². The highest BCUT2D eigenvalue weighted by Crippen LogP contribution is 2.42. The summed E-state index contributed by atoms with van der Waals surface area (Å²) in [6, 6.07) is 8.33. The van der Waals surface area contributed by atoms with Gasteiger partial charge >= 0.3 is 0 Å². The summed E-state index contributed by atoms with van der Waals surface area (Å²) < 4.78 is 6.25. The molecule has 1 heterocycles. The molecule has 1 aromatic heterocycles. The van der Waals surface area contributed by atoms with Crippen LogP contribution < -0.4 is 0 Å². The van der Waals surface area contributed by atoms with Crippen molar-refractivity contribution in [3.8, 4) is 17.5 Å². The Morgan fingerprint density at radius 2 is 1.88 bits per heavy atom. The van der Waals surface area contributed by atoms with Gasteiger partial charge in [0.15, 0.2) is 0 Å². The molecule has 1 aromatic carbocycles. The predicted octanol–water partition coefficient (Wildman–Crippen LogP) is 6.84. The van der Waals surface area contributed by atoms with Crippen molar-refractivity contribution in [2.45, 2.75) is 76.5 Å². The van der Waals surface area contributed by atoms with E-state index in [9.17, 15) is 10.1 Å². The maximum Gasteiger partial charge on any atom is 0.253 e. The zero-order valence-corrected chi connectivity index (χ0v) is 25.0. The number of benzene rings is 1. The molecule has 1 fully saturated rings. The summed E-state index contributed by atoms with van der Waals surface area (Å²) in [5, 5.41) is 19.1. The Morgan fingerprint density at radius 1 is 1.15 bits per heavy atom. The highest BCUT2D eigenvalue weighted by atomic mass is 16.4. The van der Waals surface area contributed by atoms with Crippen molar-refractivity contribution >= 4 is 5.91 Å². The molecule has 3 rings (SSSR count). The smallest absolute Gasteiger partial charge is 0.253 e. The van der Waals surface area contributed by atoms with Crippen LogP contribution in [0.4, 0.5) is 0 Å². The number of allylic oxidation sites excluding steroid dienone is 4. The molecule has 0 N–H and O–H groups in total. The molecule has 40 heavy (non-hydrogen) atoms. The Balaban J connectivity index is 2.04. The Hall–Kier alpha value is -3.50. The molecular formula is C33H45N5O2. The van der Waals surface area contributed by atoms with Crippen LogP contribution in [0.2, 0.25) is 0 Å². The minimum Gasteiger partial charge on any atom is -0.420 e. The van der Waals surface area contributed by atoms with Crippen LogP contribution in [0.3, 0.4) is 0 Å². The van der Waals surface area contributed by atoms with Crippen LogP contribution in [0.15, 0.2) is 59.6 Å². The average molecular weight is 544 g/mol. The third kappa shape index (κ3) is 7.37. The summed E-state index contributed by atoms with van der Waals surface area (Å²) in [5.74, 6) is 0.831. The van der Waals surface area contributed by atoms with Crippen LogP contribution in [-0.2, 0) is 10.8 Å². The van der Waals surface area contributed by atoms with Gasteiger partial charge in [0.2, 0.25) is 11.8 Å². The average Bonchev–Trinajstić information content (AvgIpc) is 3.63. The number of nitrogens with zero attached hydrogens (tertiary/aromatic N) is 5. The number of rotatable bonds is 14. The summed E-state index contributed by atoms with van der Waals surface area (Å²) in [5.41, 5.74) is 2.08. The summed E-state index contributed by atoms with van der Waals surface area (Å²) in [7, 11) is 4.08. The second kappa shape index (κ2) is 13.7. The van der Waals surface area contributed by atoms with E-state index < -0.39 is 10.8 Å². The lowest BCUT2D eigenvalue weighted by atomic mass is 9.79. The maximum atomic E-state index is 13.9. The SMILES string of the molecule is C=C/C=C(\C=C)CC(C)(C)c1nnc(-c2cc(C(=O)N(CCC)CCCN(C)C)cc(C3(C#N)CCCC3)c2)o1. The monoisotopic (exact) mass is 543 g/mol. The minimum absolute atomic E-state index is 0.0277. The van der Waals surface area contributed by atoms with Gasteiger partial charge in [-0.3, -0.25) is 4.79 Å². The first-order valence-corrected chi connectivity index (χ1v) is 14.4. The van der Waals surface area contributed by atoms with Gasteiger partial charge in [0, 0.05) is 29.6 Å². The molecule has 0 atom stereocenters. The van der Waals surface area contributed by atoms with Gasteiger partial charge in [-0.2, -0.15) is 5.26 Å². The fourth-order valence-corrected chi connectivity index (χ4v) is 5.49. The Kier molecular flexibility index (Phi) is 10.6. The summed E-state index contributed by atoms with van der Waals surface area (Å²) in [6.45, 7) is 16.1. The van der Waals surface area contributed by atoms with Gasteiger partial charge in [0.1, 0.15) is 0 Å². The molecule has 0 aliphatic heterocycles. The molecule has 1 aliphatic rings. The second-order valence-electron chi connectivity index (χ2n) is 11.8. The highest BCUT2D eigenvalue weighted by Gasteiger charge is 2.37. The molecule has 0 bridgehead atoms. The third-order valence-corrected chi connectivity index (χ3v) is 7.71. The number of amides is 1. The van der Waals surface area contributed by atoms with Crippen LogP contribution in [0.5, 0.6) is 0 Å². The summed E-state index contributed by atoms with van der Waals surface area (Å²) >= 11 is 0. The molecule has 1 aliphatic carbocycles. The van der Waals surface area contributed by atoms with Crippen molar-refractivity contribution in [2.24, 2.45) is 0 Å². The Morgan fingerprint density at radius 3 is 2.48 bits per heavy atom. The molecule has 0 radical (unpaired) electrons. The normalized spacial score (nSPS) is 15.2. The number of carbonyl (C=O) groups is 1. The van der Waals surface area contributed by atoms with E-state index in [4.69, 9.17) is 4.42 Å². The molecule has 7 heteroatoms. The molecule has 214 valence electrons. The van der Waals surface area contributed by atoms with Crippen molar-refractivity contribution in [3.05, 3.63) is 72.2 Å². The topological polar surface area (TPSA) is 86.3 Å². The molecule has 0 unspecified atom stereocenters. The minimum atomic E-state index is -0.609. The largest absolute Gasteiger partial charge is 0.420 e. The number of nitriles is 1. The lowest BCUT2D eigenvalue weighted by Crippen LogP contribution is -2.34. The Labute approximate surface area is 240 Å². The van der Waals surface area contributed by atoms with Crippen LogP contribution in [-0.4, -0.2) is 59.6 Å². The molecule has 7 nitrogen and oxygen atoms in total. The number of hydrogen-bond donors (Lipinski definition) is 0. The van der Waals surface area contributed by atoms with E-state index >= 15 is 0 Å². The van der Waals surface area contributed by atoms with E-state index in [1.165, 1.54) is 0 Å². The number of hydrogen-bond acceptors (Lipinski definition) is 6. The van der Waals surface area contributed by atoms with Crippen LogP contribution in [0, 0.1) is 11.3 Å². The first-order valence-electron chi connectivity index (χ1n) is 14.4. The van der Waals surface area contributed by atoms with Gasteiger partial charge in [-0.15, -0.1) is 10.2 Å². The van der Waals surface area contributed by atoms with E-state index in [2.05, 4.69) is 55.1 Å². The van der Waals surface area contributed by atoms with Crippen molar-refractivity contribution in [2.75, 3.05) is 33.7 Å². The predicted molar refractivity (Wildman–Crippen MR) is 161 cm³/mol. The first kappa shape index (κ1) is 31.0. The van der Waals surface area contributed by atoms with Gasteiger partial charge in [0.25, 0.3) is 5.91 Å². The maximum absolute atomic E-state index is 13.9. The van der Waals surface area contributed by atoms with E-state index in [0.717, 1.165) is 56.2 Å². The summed E-state index contributed by atoms with van der Waals surface area (Å²) in [4.78, 5) is 17.9. The third-order valence-electron chi connectivity index (χ3n) is 7.71. The lowest BCUT2D eigenvalue weighted by Gasteiger charge is -2.26. The van der Waals surface area contributed by atoms with E-state index in [0.29, 0.717) is 42.4 Å². The van der Waals surface area contributed by atoms with Crippen molar-refractivity contribution in [1.29, 1.82) is 5.26 Å². The van der Waals surface area contributed by atoms with E-state index in [-0.39, 0.29) is 5.91 Å². The Bertz CT molecular complexity index is 1260. The van der Waals surface area contributed by atoms with Gasteiger partial charge < -0.3 is 14.2 Å². The van der Waals surface area contributed by atoms with Gasteiger partial charge in [-0.1, -0.05) is 65.0 Å². The summed E-state index contributed by atoms with van der Waals surface area (Å²) in [6.07, 6.45) is 11.5. The van der Waals surface area contributed by atoms with Crippen LogP contribution >= 0.6 is 0 Å². The van der Waals surface area contributed by atoms with Crippen molar-refractivity contribution < 1.29 is 9.21 Å². The fourth-order valence-electron chi connectivity index (χ4n) is 5.49. The molecule has 0 spiro atoms. The quantitative estimate of drug-likeness (QED) is 0.242. The zero-order valence-electron chi connectivity index (χ0n) is 25.0.